The average molecular weight is 261 g/mol. The van der Waals surface area contributed by atoms with Crippen molar-refractivity contribution in [1.82, 2.24) is 0 Å². The predicted octanol–water partition coefficient (Wildman–Crippen LogP) is 1.64. The summed E-state index contributed by atoms with van der Waals surface area (Å²) in [6.07, 6.45) is 0. The topological polar surface area (TPSA) is 106 Å². The molecule has 1 aromatic carbocycles. The number of benzene rings is 1. The van der Waals surface area contributed by atoms with E-state index in [0.29, 0.717) is 4.47 Å². The molecule has 6 nitrogen and oxygen atoms in total. The van der Waals surface area contributed by atoms with Crippen LogP contribution in [0, 0.1) is 10.1 Å². The fourth-order valence-corrected chi connectivity index (χ4v) is 1.38. The maximum atomic E-state index is 10.6. The summed E-state index contributed by atoms with van der Waals surface area (Å²) >= 11 is 2.96. The van der Waals surface area contributed by atoms with Gasteiger partial charge in [-0.1, -0.05) is 15.9 Å². The molecule has 7 heteroatoms. The smallest absolute Gasteiger partial charge is 0.338 e. The van der Waals surface area contributed by atoms with Gasteiger partial charge < -0.3 is 10.8 Å². The van der Waals surface area contributed by atoms with E-state index in [4.69, 9.17) is 10.8 Å². The van der Waals surface area contributed by atoms with Gasteiger partial charge in [-0.2, -0.15) is 0 Å². The summed E-state index contributed by atoms with van der Waals surface area (Å²) in [6, 6.07) is 2.37. The maximum absolute atomic E-state index is 10.6. The SMILES string of the molecule is Nc1c(C(=O)O)cc(Br)cc1[N+](=O)[O-]. The molecule has 1 aromatic rings. The van der Waals surface area contributed by atoms with Gasteiger partial charge in [-0.15, -0.1) is 0 Å². The van der Waals surface area contributed by atoms with Crippen molar-refractivity contribution in [2.24, 2.45) is 0 Å². The van der Waals surface area contributed by atoms with E-state index in [2.05, 4.69) is 15.9 Å². The van der Waals surface area contributed by atoms with E-state index in [1.165, 1.54) is 6.07 Å². The third kappa shape index (κ3) is 1.82. The lowest BCUT2D eigenvalue weighted by Crippen LogP contribution is -2.05. The second-order valence-electron chi connectivity index (χ2n) is 2.45. The number of hydrogen-bond donors (Lipinski definition) is 2. The maximum Gasteiger partial charge on any atom is 0.338 e. The molecule has 3 N–H and O–H groups in total. The van der Waals surface area contributed by atoms with Crippen LogP contribution in [0.3, 0.4) is 0 Å². The van der Waals surface area contributed by atoms with Crippen LogP contribution in [-0.2, 0) is 0 Å². The number of aromatic carboxylic acids is 1. The molecule has 0 heterocycles. The van der Waals surface area contributed by atoms with Crippen LogP contribution in [0.1, 0.15) is 10.4 Å². The first-order chi connectivity index (χ1) is 6.43. The highest BCUT2D eigenvalue weighted by atomic mass is 79.9. The summed E-state index contributed by atoms with van der Waals surface area (Å²) in [7, 11) is 0. The van der Waals surface area contributed by atoms with Crippen molar-refractivity contribution in [2.75, 3.05) is 5.73 Å². The zero-order chi connectivity index (χ0) is 10.9. The van der Waals surface area contributed by atoms with Crippen LogP contribution in [0.15, 0.2) is 16.6 Å². The summed E-state index contributed by atoms with van der Waals surface area (Å²) < 4.78 is 0.302. The fourth-order valence-electron chi connectivity index (χ4n) is 0.932. The third-order valence-electron chi connectivity index (χ3n) is 1.55. The zero-order valence-corrected chi connectivity index (χ0v) is 8.32. The van der Waals surface area contributed by atoms with Gasteiger partial charge in [0, 0.05) is 10.5 Å². The van der Waals surface area contributed by atoms with Crippen molar-refractivity contribution in [3.8, 4) is 0 Å². The van der Waals surface area contributed by atoms with Crippen molar-refractivity contribution >= 4 is 33.3 Å². The van der Waals surface area contributed by atoms with Gasteiger partial charge in [-0.3, -0.25) is 10.1 Å². The Labute approximate surface area is 86.6 Å². The quantitative estimate of drug-likeness (QED) is 0.478. The normalized spacial score (nSPS) is 9.79. The van der Waals surface area contributed by atoms with E-state index in [-0.39, 0.29) is 11.3 Å². The fraction of sp³-hybridized carbons (Fsp3) is 0. The summed E-state index contributed by atoms with van der Waals surface area (Å²) in [4.78, 5) is 20.4. The van der Waals surface area contributed by atoms with Crippen LogP contribution >= 0.6 is 15.9 Å². The molecule has 0 saturated heterocycles. The Hall–Kier alpha value is -1.63. The summed E-state index contributed by atoms with van der Waals surface area (Å²) in [6.45, 7) is 0. The number of hydrogen-bond acceptors (Lipinski definition) is 4. The van der Waals surface area contributed by atoms with Crippen molar-refractivity contribution in [3.63, 3.8) is 0 Å². The number of nitrogens with two attached hydrogens (primary N) is 1. The van der Waals surface area contributed by atoms with Crippen molar-refractivity contribution < 1.29 is 14.8 Å². The largest absolute Gasteiger partial charge is 0.478 e. The number of halogens is 1. The molecule has 0 aliphatic heterocycles. The molecule has 0 amide bonds. The highest BCUT2D eigenvalue weighted by molar-refractivity contribution is 9.10. The minimum atomic E-state index is -1.30. The molecule has 0 aliphatic rings. The number of carbonyl (C=O) groups is 1. The molecule has 0 aromatic heterocycles. The second-order valence-corrected chi connectivity index (χ2v) is 3.36. The van der Waals surface area contributed by atoms with Crippen LogP contribution in [0.5, 0.6) is 0 Å². The number of nitrogen functional groups attached to an aromatic ring is 1. The third-order valence-corrected chi connectivity index (χ3v) is 2.01. The van der Waals surface area contributed by atoms with Crippen LogP contribution < -0.4 is 5.73 Å². The molecule has 0 saturated carbocycles. The number of anilines is 1. The first-order valence-corrected chi connectivity index (χ1v) is 4.19. The van der Waals surface area contributed by atoms with Gasteiger partial charge in [0.1, 0.15) is 5.69 Å². The number of nitrogens with zero attached hydrogens (tertiary/aromatic N) is 1. The van der Waals surface area contributed by atoms with Crippen molar-refractivity contribution in [3.05, 3.63) is 32.3 Å². The Morgan fingerprint density at radius 1 is 1.57 bits per heavy atom. The molecule has 74 valence electrons. The number of carboxylic acid groups (broad SMARTS) is 1. The molecule has 0 radical (unpaired) electrons. The Morgan fingerprint density at radius 3 is 2.57 bits per heavy atom. The molecule has 0 aliphatic carbocycles. The molecule has 0 spiro atoms. The number of carboxylic acids is 1. The van der Waals surface area contributed by atoms with Crippen molar-refractivity contribution in [2.45, 2.75) is 0 Å². The lowest BCUT2D eigenvalue weighted by molar-refractivity contribution is -0.384. The van der Waals surface area contributed by atoms with Crippen LogP contribution in [0.4, 0.5) is 11.4 Å². The predicted molar refractivity (Wildman–Crippen MR) is 52.2 cm³/mol. The summed E-state index contributed by atoms with van der Waals surface area (Å²) in [5, 5.41) is 19.1. The van der Waals surface area contributed by atoms with Crippen molar-refractivity contribution in [1.29, 1.82) is 0 Å². The number of rotatable bonds is 2. The van der Waals surface area contributed by atoms with Gasteiger partial charge in [-0.05, 0) is 6.07 Å². The minimum absolute atomic E-state index is 0.286. The highest BCUT2D eigenvalue weighted by Gasteiger charge is 2.20. The van der Waals surface area contributed by atoms with Gasteiger partial charge in [0.25, 0.3) is 5.69 Å². The standard InChI is InChI=1S/C7H5BrN2O4/c8-3-1-4(7(11)12)6(9)5(2-3)10(13)14/h1-2H,9H2,(H,11,12). The first-order valence-electron chi connectivity index (χ1n) is 3.40. The van der Waals surface area contributed by atoms with Gasteiger partial charge in [0.15, 0.2) is 0 Å². The Morgan fingerprint density at radius 2 is 2.14 bits per heavy atom. The zero-order valence-electron chi connectivity index (χ0n) is 6.73. The number of nitro groups is 1. The van der Waals surface area contributed by atoms with E-state index in [9.17, 15) is 14.9 Å². The van der Waals surface area contributed by atoms with Gasteiger partial charge in [-0.25, -0.2) is 4.79 Å². The molecule has 14 heavy (non-hydrogen) atoms. The minimum Gasteiger partial charge on any atom is -0.478 e. The van der Waals surface area contributed by atoms with E-state index < -0.39 is 16.6 Å². The second kappa shape index (κ2) is 3.62. The van der Waals surface area contributed by atoms with Gasteiger partial charge >= 0.3 is 5.97 Å². The lowest BCUT2D eigenvalue weighted by Gasteiger charge is -2.02. The average Bonchev–Trinajstić information content (AvgIpc) is 2.07. The summed E-state index contributed by atoms with van der Waals surface area (Å²) in [5.74, 6) is -1.30. The van der Waals surface area contributed by atoms with E-state index >= 15 is 0 Å². The summed E-state index contributed by atoms with van der Waals surface area (Å²) in [5.41, 5.74) is 4.26. The highest BCUT2D eigenvalue weighted by Crippen LogP contribution is 2.29. The van der Waals surface area contributed by atoms with E-state index in [1.807, 2.05) is 0 Å². The molecular formula is C7H5BrN2O4. The number of nitro benzene ring substituents is 1. The molecule has 0 unspecified atom stereocenters. The molecule has 1 rings (SSSR count). The van der Waals surface area contributed by atoms with Crippen LogP contribution in [-0.4, -0.2) is 16.0 Å². The Bertz CT molecular complexity index is 383. The Kier molecular flexibility index (Phi) is 2.70. The van der Waals surface area contributed by atoms with Gasteiger partial charge in [0.2, 0.25) is 0 Å². The van der Waals surface area contributed by atoms with Crippen LogP contribution in [0.2, 0.25) is 0 Å². The Balaban J connectivity index is 3.47. The molecule has 0 atom stereocenters. The monoisotopic (exact) mass is 260 g/mol. The molecule has 0 fully saturated rings. The van der Waals surface area contributed by atoms with E-state index in [0.717, 1.165) is 6.07 Å². The van der Waals surface area contributed by atoms with E-state index in [1.54, 1.807) is 0 Å². The molecule has 0 bridgehead atoms. The van der Waals surface area contributed by atoms with Gasteiger partial charge in [0.05, 0.1) is 10.5 Å². The van der Waals surface area contributed by atoms with Crippen LogP contribution in [0.25, 0.3) is 0 Å². The lowest BCUT2D eigenvalue weighted by atomic mass is 10.1. The first kappa shape index (κ1) is 10.5. The molecular weight excluding hydrogens is 256 g/mol.